The lowest BCUT2D eigenvalue weighted by atomic mass is 10.0. The molecule has 0 unspecified atom stereocenters. The van der Waals surface area contributed by atoms with Crippen LogP contribution in [0.5, 0.6) is 5.75 Å². The minimum Gasteiger partial charge on any atom is -0.424 e. The predicted molar refractivity (Wildman–Crippen MR) is 183 cm³/mol. The van der Waals surface area contributed by atoms with E-state index in [9.17, 15) is 9.59 Å². The molecule has 0 N–H and O–H groups in total. The van der Waals surface area contributed by atoms with E-state index in [1.807, 2.05) is 103 Å². The summed E-state index contributed by atoms with van der Waals surface area (Å²) < 4.78 is 7.87. The quantitative estimate of drug-likeness (QED) is 0.0616. The monoisotopic (exact) mass is 594 g/mol. The Labute approximate surface area is 264 Å². The van der Waals surface area contributed by atoms with Crippen molar-refractivity contribution in [2.24, 2.45) is 0 Å². The normalized spacial score (nSPS) is 11.2. The first-order valence-corrected chi connectivity index (χ1v) is 16.7. The van der Waals surface area contributed by atoms with E-state index in [1.54, 1.807) is 0 Å². The van der Waals surface area contributed by atoms with Crippen LogP contribution >= 0.6 is 0 Å². The Hall–Kier alpha value is -3.86. The Bertz CT molecular complexity index is 1470. The van der Waals surface area contributed by atoms with Gasteiger partial charge in [-0.1, -0.05) is 108 Å². The number of carbonyl (C=O) groups excluding carboxylic acids is 2. The zero-order chi connectivity index (χ0) is 31.1. The van der Waals surface area contributed by atoms with E-state index in [2.05, 4.69) is 6.92 Å². The molecule has 1 heterocycles. The second-order valence-electron chi connectivity index (χ2n) is 12.1. The third kappa shape index (κ3) is 9.32. The van der Waals surface area contributed by atoms with Crippen molar-refractivity contribution in [2.75, 3.05) is 19.0 Å². The molecule has 0 bridgehead atoms. The molecule has 3 aromatic carbocycles. The smallest absolute Gasteiger partial charge is 0.311 e. The van der Waals surface area contributed by atoms with E-state index in [-0.39, 0.29) is 11.8 Å². The molecule has 0 atom stereocenters. The summed E-state index contributed by atoms with van der Waals surface area (Å²) >= 11 is 0. The van der Waals surface area contributed by atoms with Gasteiger partial charge >= 0.3 is 5.97 Å². The van der Waals surface area contributed by atoms with Crippen LogP contribution < -0.4 is 9.64 Å². The number of anilines is 1. The Kier molecular flexibility index (Phi) is 13.1. The van der Waals surface area contributed by atoms with E-state index in [1.165, 1.54) is 70.6 Å². The molecule has 4 aromatic rings. The highest BCUT2D eigenvalue weighted by atomic mass is 16.5. The van der Waals surface area contributed by atoms with Gasteiger partial charge in [0, 0.05) is 42.7 Å². The molecule has 1 aromatic heterocycles. The molecule has 0 amide bonds. The molecule has 5 heteroatoms. The maximum atomic E-state index is 13.6. The van der Waals surface area contributed by atoms with Crippen LogP contribution in [0.1, 0.15) is 113 Å². The summed E-state index contributed by atoms with van der Waals surface area (Å²) in [6, 6.07) is 23.1. The first kappa shape index (κ1) is 33.0. The summed E-state index contributed by atoms with van der Waals surface area (Å²) in [5.74, 6) is 0.267. The van der Waals surface area contributed by atoms with Crippen LogP contribution in [0.3, 0.4) is 0 Å². The molecule has 4 rings (SSSR count). The van der Waals surface area contributed by atoms with Crippen molar-refractivity contribution < 1.29 is 14.3 Å². The number of aromatic nitrogens is 1. The van der Waals surface area contributed by atoms with E-state index >= 15 is 0 Å². The number of rotatable bonds is 19. The van der Waals surface area contributed by atoms with E-state index < -0.39 is 0 Å². The number of para-hydroxylation sites is 2. The van der Waals surface area contributed by atoms with Crippen LogP contribution in [0.15, 0.2) is 79.0 Å². The van der Waals surface area contributed by atoms with Crippen LogP contribution in [-0.2, 0) is 4.79 Å². The maximum Gasteiger partial charge on any atom is 0.311 e. The summed E-state index contributed by atoms with van der Waals surface area (Å²) in [5.41, 5.74) is 3.90. The third-order valence-electron chi connectivity index (χ3n) is 8.44. The maximum absolute atomic E-state index is 13.6. The van der Waals surface area contributed by atoms with E-state index in [0.29, 0.717) is 23.3 Å². The number of ketones is 1. The molecular weight excluding hydrogens is 544 g/mol. The van der Waals surface area contributed by atoms with Crippen molar-refractivity contribution in [3.63, 3.8) is 0 Å². The molecule has 0 saturated carbocycles. The van der Waals surface area contributed by atoms with Crippen molar-refractivity contribution in [1.82, 2.24) is 4.57 Å². The first-order chi connectivity index (χ1) is 21.5. The van der Waals surface area contributed by atoms with Crippen molar-refractivity contribution in [1.29, 1.82) is 0 Å². The number of ether oxygens (including phenoxy) is 1. The molecular formula is C39H50N2O3. The molecule has 0 spiro atoms. The number of carbonyl (C=O) groups is 2. The van der Waals surface area contributed by atoms with Gasteiger partial charge in [-0.15, -0.1) is 0 Å². The fourth-order valence-electron chi connectivity index (χ4n) is 5.83. The summed E-state index contributed by atoms with van der Waals surface area (Å²) in [6.45, 7) is 2.27. The number of fused-ring (bicyclic) bond motifs is 1. The average Bonchev–Trinajstić information content (AvgIpc) is 3.40. The molecule has 0 aliphatic heterocycles. The largest absolute Gasteiger partial charge is 0.424 e. The molecule has 0 aliphatic rings. The lowest BCUT2D eigenvalue weighted by molar-refractivity contribution is -0.134. The molecule has 234 valence electrons. The molecule has 0 saturated heterocycles. The second-order valence-corrected chi connectivity index (χ2v) is 12.1. The van der Waals surface area contributed by atoms with Gasteiger partial charge in [0.1, 0.15) is 0 Å². The molecule has 0 aliphatic carbocycles. The highest BCUT2D eigenvalue weighted by molar-refractivity contribution is 6.11. The number of hydrogen-bond acceptors (Lipinski definition) is 4. The van der Waals surface area contributed by atoms with E-state index in [0.717, 1.165) is 35.1 Å². The van der Waals surface area contributed by atoms with Gasteiger partial charge in [-0.25, -0.2) is 0 Å². The van der Waals surface area contributed by atoms with E-state index in [4.69, 9.17) is 4.74 Å². The Morgan fingerprint density at radius 2 is 1.25 bits per heavy atom. The van der Waals surface area contributed by atoms with Crippen LogP contribution in [0.4, 0.5) is 5.69 Å². The second kappa shape index (κ2) is 17.4. The van der Waals surface area contributed by atoms with Gasteiger partial charge in [-0.05, 0) is 55.0 Å². The zero-order valence-corrected chi connectivity index (χ0v) is 27.0. The number of unbranched alkanes of at least 4 members (excludes halogenated alkanes) is 12. The molecule has 0 radical (unpaired) electrons. The third-order valence-corrected chi connectivity index (χ3v) is 8.44. The summed E-state index contributed by atoms with van der Waals surface area (Å²) in [4.78, 5) is 28.5. The zero-order valence-electron chi connectivity index (χ0n) is 27.0. The molecule has 44 heavy (non-hydrogen) atoms. The fourth-order valence-corrected chi connectivity index (χ4v) is 5.83. The van der Waals surface area contributed by atoms with Gasteiger partial charge in [0.15, 0.2) is 11.5 Å². The predicted octanol–water partition coefficient (Wildman–Crippen LogP) is 10.3. The summed E-state index contributed by atoms with van der Waals surface area (Å²) in [6.07, 6.45) is 18.8. The topological polar surface area (TPSA) is 51.5 Å². The highest BCUT2D eigenvalue weighted by Crippen LogP contribution is 2.33. The van der Waals surface area contributed by atoms with Crippen LogP contribution in [-0.4, -0.2) is 30.4 Å². The first-order valence-electron chi connectivity index (χ1n) is 16.7. The summed E-state index contributed by atoms with van der Waals surface area (Å²) in [5, 5.41) is 0.851. The Balaban J connectivity index is 1.32. The minimum absolute atomic E-state index is 0.0513. The highest BCUT2D eigenvalue weighted by Gasteiger charge is 2.19. The van der Waals surface area contributed by atoms with Gasteiger partial charge in [-0.2, -0.15) is 0 Å². The Morgan fingerprint density at radius 3 is 1.89 bits per heavy atom. The van der Waals surface area contributed by atoms with Gasteiger partial charge in [0.05, 0.1) is 17.4 Å². The van der Waals surface area contributed by atoms with Crippen LogP contribution in [0.2, 0.25) is 0 Å². The lowest BCUT2D eigenvalue weighted by Crippen LogP contribution is -2.10. The minimum atomic E-state index is -0.207. The van der Waals surface area contributed by atoms with Crippen molar-refractivity contribution in [2.45, 2.75) is 96.8 Å². The van der Waals surface area contributed by atoms with Gasteiger partial charge in [0.25, 0.3) is 0 Å². The average molecular weight is 595 g/mol. The number of hydrogen-bond donors (Lipinski definition) is 0. The molecule has 5 nitrogen and oxygen atoms in total. The van der Waals surface area contributed by atoms with Gasteiger partial charge < -0.3 is 14.2 Å². The number of esters is 1. The number of benzene rings is 3. The fraction of sp³-hybridized carbons (Fsp3) is 0.436. The van der Waals surface area contributed by atoms with Crippen molar-refractivity contribution >= 4 is 28.3 Å². The van der Waals surface area contributed by atoms with Crippen LogP contribution in [0, 0.1) is 0 Å². The van der Waals surface area contributed by atoms with Crippen LogP contribution in [0.25, 0.3) is 16.6 Å². The molecule has 0 fully saturated rings. The van der Waals surface area contributed by atoms with Gasteiger partial charge in [0.2, 0.25) is 0 Å². The Morgan fingerprint density at radius 1 is 0.682 bits per heavy atom. The SMILES string of the molecule is CCCCCCCCCCCCCCCC(=O)Oc1cn(-c2ccccc2C(=O)c2ccc(N(C)C)cc2)c2ccccc12. The number of nitrogens with zero attached hydrogens (tertiary/aromatic N) is 2. The standard InChI is InChI=1S/C39H50N2O3/c1-4-5-6-7-8-9-10-11-12-13-14-15-16-25-38(42)44-37-30-41(35-23-19-17-21-33(35)37)36-24-20-18-22-34(36)39(43)31-26-28-32(29-27-31)40(2)3/h17-24,26-30H,4-16,25H2,1-3H3. The van der Waals surface area contributed by atoms with Gasteiger partial charge in [-0.3, -0.25) is 9.59 Å². The summed E-state index contributed by atoms with van der Waals surface area (Å²) in [7, 11) is 3.96. The van der Waals surface area contributed by atoms with Crippen molar-refractivity contribution in [3.8, 4) is 11.4 Å². The lowest BCUT2D eigenvalue weighted by Gasteiger charge is -2.14. The van der Waals surface area contributed by atoms with Crippen molar-refractivity contribution in [3.05, 3.63) is 90.1 Å².